The SMILES string of the molecule is CC(=O)NCc1ccc(C(=O)Nc2ccc(-c3nc4ccccc4n3C)cc2)s1. The molecule has 0 saturated carbocycles. The van der Waals surface area contributed by atoms with E-state index in [1.54, 1.807) is 6.07 Å². The molecule has 0 spiro atoms. The van der Waals surface area contributed by atoms with Crippen LogP contribution in [0.15, 0.2) is 60.7 Å². The number of rotatable bonds is 5. The van der Waals surface area contributed by atoms with Gasteiger partial charge in [0.15, 0.2) is 0 Å². The van der Waals surface area contributed by atoms with E-state index in [4.69, 9.17) is 4.98 Å². The van der Waals surface area contributed by atoms with Crippen LogP contribution in [0.2, 0.25) is 0 Å². The van der Waals surface area contributed by atoms with Crippen molar-refractivity contribution in [2.24, 2.45) is 7.05 Å². The Kier molecular flexibility index (Phi) is 5.14. The van der Waals surface area contributed by atoms with Crippen molar-refractivity contribution in [3.8, 4) is 11.4 Å². The minimum atomic E-state index is -0.167. The summed E-state index contributed by atoms with van der Waals surface area (Å²) in [5, 5.41) is 5.64. The molecule has 4 aromatic rings. The smallest absolute Gasteiger partial charge is 0.265 e. The number of anilines is 1. The van der Waals surface area contributed by atoms with Crippen LogP contribution in [-0.2, 0) is 18.4 Å². The second kappa shape index (κ2) is 7.89. The highest BCUT2D eigenvalue weighted by atomic mass is 32.1. The second-order valence-electron chi connectivity index (χ2n) is 6.69. The lowest BCUT2D eigenvalue weighted by atomic mass is 10.2. The molecule has 0 saturated heterocycles. The maximum absolute atomic E-state index is 12.5. The van der Waals surface area contributed by atoms with Crippen molar-refractivity contribution in [1.29, 1.82) is 0 Å². The highest BCUT2D eigenvalue weighted by Gasteiger charge is 2.12. The van der Waals surface area contributed by atoms with E-state index < -0.39 is 0 Å². The number of fused-ring (bicyclic) bond motifs is 1. The molecule has 4 rings (SSSR count). The molecule has 2 aromatic heterocycles. The van der Waals surface area contributed by atoms with E-state index in [2.05, 4.69) is 15.2 Å². The number of thiophene rings is 1. The number of aromatic nitrogens is 2. The summed E-state index contributed by atoms with van der Waals surface area (Å²) in [5.74, 6) is 0.620. The number of carbonyl (C=O) groups is 2. The first kappa shape index (κ1) is 18.9. The van der Waals surface area contributed by atoms with Crippen LogP contribution in [0, 0.1) is 0 Å². The Morgan fingerprint density at radius 1 is 1.03 bits per heavy atom. The van der Waals surface area contributed by atoms with Gasteiger partial charge >= 0.3 is 0 Å². The van der Waals surface area contributed by atoms with Crippen molar-refractivity contribution in [3.05, 3.63) is 70.4 Å². The number of hydrogen-bond acceptors (Lipinski definition) is 4. The van der Waals surface area contributed by atoms with E-state index in [0.717, 1.165) is 27.3 Å². The summed E-state index contributed by atoms with van der Waals surface area (Å²) in [5.41, 5.74) is 3.73. The third-order valence-corrected chi connectivity index (χ3v) is 5.67. The maximum Gasteiger partial charge on any atom is 0.265 e. The highest BCUT2D eigenvalue weighted by molar-refractivity contribution is 7.14. The molecule has 29 heavy (non-hydrogen) atoms. The molecular formula is C22H20N4O2S. The molecule has 0 atom stereocenters. The van der Waals surface area contributed by atoms with Gasteiger partial charge in [-0.25, -0.2) is 4.98 Å². The zero-order valence-corrected chi connectivity index (χ0v) is 16.9. The van der Waals surface area contributed by atoms with Gasteiger partial charge < -0.3 is 15.2 Å². The largest absolute Gasteiger partial charge is 0.351 e. The molecule has 0 fully saturated rings. The number of amides is 2. The summed E-state index contributed by atoms with van der Waals surface area (Å²) in [6, 6.07) is 19.3. The van der Waals surface area contributed by atoms with Gasteiger partial charge in [0.1, 0.15) is 5.82 Å². The van der Waals surface area contributed by atoms with Gasteiger partial charge in [-0.2, -0.15) is 0 Å². The molecule has 146 valence electrons. The van der Waals surface area contributed by atoms with Crippen LogP contribution in [0.5, 0.6) is 0 Å². The summed E-state index contributed by atoms with van der Waals surface area (Å²) in [6.45, 7) is 1.90. The molecule has 2 amide bonds. The lowest BCUT2D eigenvalue weighted by molar-refractivity contribution is -0.119. The molecule has 0 bridgehead atoms. The molecular weight excluding hydrogens is 384 g/mol. The quantitative estimate of drug-likeness (QED) is 0.524. The first-order valence-corrected chi connectivity index (χ1v) is 9.99. The van der Waals surface area contributed by atoms with Crippen LogP contribution in [0.3, 0.4) is 0 Å². The lowest BCUT2D eigenvalue weighted by Crippen LogP contribution is -2.18. The Morgan fingerprint density at radius 3 is 2.52 bits per heavy atom. The van der Waals surface area contributed by atoms with Gasteiger partial charge in [-0.1, -0.05) is 12.1 Å². The number of hydrogen-bond donors (Lipinski definition) is 2. The molecule has 0 aliphatic rings. The van der Waals surface area contributed by atoms with Gasteiger partial charge in [-0.3, -0.25) is 9.59 Å². The number of nitrogens with one attached hydrogen (secondary N) is 2. The van der Waals surface area contributed by atoms with Crippen LogP contribution in [0.25, 0.3) is 22.4 Å². The van der Waals surface area contributed by atoms with Crippen molar-refractivity contribution in [3.63, 3.8) is 0 Å². The van der Waals surface area contributed by atoms with Crippen LogP contribution in [0.4, 0.5) is 5.69 Å². The first-order chi connectivity index (χ1) is 14.0. The molecule has 7 heteroatoms. The standard InChI is InChI=1S/C22H20N4O2S/c1-14(27)23-13-17-11-12-20(29-17)22(28)24-16-9-7-15(8-10-16)21-25-18-5-3-4-6-19(18)26(21)2/h3-12H,13H2,1-2H3,(H,23,27)(H,24,28). The number of aryl methyl sites for hydroxylation is 1. The third-order valence-electron chi connectivity index (χ3n) is 4.59. The average Bonchev–Trinajstić information content (AvgIpc) is 3.32. The van der Waals surface area contributed by atoms with Crippen molar-refractivity contribution < 1.29 is 9.59 Å². The van der Waals surface area contributed by atoms with Crippen LogP contribution >= 0.6 is 11.3 Å². The van der Waals surface area contributed by atoms with Crippen LogP contribution < -0.4 is 10.6 Å². The topological polar surface area (TPSA) is 76.0 Å². The van der Waals surface area contributed by atoms with Crippen LogP contribution in [-0.4, -0.2) is 21.4 Å². The summed E-state index contributed by atoms with van der Waals surface area (Å²) in [7, 11) is 2.00. The van der Waals surface area contributed by atoms with E-state index in [1.807, 2.05) is 61.6 Å². The first-order valence-electron chi connectivity index (χ1n) is 9.17. The Morgan fingerprint density at radius 2 is 1.79 bits per heavy atom. The number of carbonyl (C=O) groups excluding carboxylic acids is 2. The monoisotopic (exact) mass is 404 g/mol. The molecule has 0 unspecified atom stereocenters. The molecule has 2 heterocycles. The van der Waals surface area contributed by atoms with E-state index in [9.17, 15) is 9.59 Å². The molecule has 0 radical (unpaired) electrons. The fourth-order valence-electron chi connectivity index (χ4n) is 3.11. The predicted molar refractivity (Wildman–Crippen MR) is 116 cm³/mol. The van der Waals surface area contributed by atoms with Crippen molar-refractivity contribution in [1.82, 2.24) is 14.9 Å². The van der Waals surface area contributed by atoms with Gasteiger partial charge in [0.05, 0.1) is 22.5 Å². The van der Waals surface area contributed by atoms with Crippen molar-refractivity contribution in [2.75, 3.05) is 5.32 Å². The number of imidazole rings is 1. The Hall–Kier alpha value is -3.45. The second-order valence-corrected chi connectivity index (χ2v) is 7.86. The number of para-hydroxylation sites is 2. The summed E-state index contributed by atoms with van der Waals surface area (Å²) >= 11 is 1.37. The maximum atomic E-state index is 12.5. The van der Waals surface area contributed by atoms with Gasteiger partial charge in [0.25, 0.3) is 5.91 Å². The fraction of sp³-hybridized carbons (Fsp3) is 0.136. The number of benzene rings is 2. The molecule has 2 N–H and O–H groups in total. The zero-order chi connectivity index (χ0) is 20.4. The molecule has 0 aliphatic carbocycles. The molecule has 6 nitrogen and oxygen atoms in total. The average molecular weight is 404 g/mol. The van der Waals surface area contributed by atoms with E-state index in [-0.39, 0.29) is 11.8 Å². The van der Waals surface area contributed by atoms with Crippen LogP contribution in [0.1, 0.15) is 21.5 Å². The van der Waals surface area contributed by atoms with E-state index >= 15 is 0 Å². The predicted octanol–water partition coefficient (Wildman–Crippen LogP) is 4.19. The number of nitrogens with zero attached hydrogens (tertiary/aromatic N) is 2. The summed E-state index contributed by atoms with van der Waals surface area (Å²) in [4.78, 5) is 29.7. The summed E-state index contributed by atoms with van der Waals surface area (Å²) < 4.78 is 2.06. The van der Waals surface area contributed by atoms with E-state index in [0.29, 0.717) is 17.1 Å². The Balaban J connectivity index is 1.47. The lowest BCUT2D eigenvalue weighted by Gasteiger charge is -2.06. The molecule has 2 aromatic carbocycles. The zero-order valence-electron chi connectivity index (χ0n) is 16.1. The van der Waals surface area contributed by atoms with Crippen molar-refractivity contribution >= 4 is 39.9 Å². The van der Waals surface area contributed by atoms with Crippen molar-refractivity contribution in [2.45, 2.75) is 13.5 Å². The Labute approximate surface area is 172 Å². The van der Waals surface area contributed by atoms with Gasteiger partial charge in [0, 0.05) is 30.1 Å². The van der Waals surface area contributed by atoms with Gasteiger partial charge in [0.2, 0.25) is 5.91 Å². The fourth-order valence-corrected chi connectivity index (χ4v) is 3.95. The third kappa shape index (κ3) is 4.05. The highest BCUT2D eigenvalue weighted by Crippen LogP contribution is 2.25. The normalized spacial score (nSPS) is 10.8. The molecule has 0 aliphatic heterocycles. The minimum Gasteiger partial charge on any atom is -0.351 e. The Bertz CT molecular complexity index is 1190. The van der Waals surface area contributed by atoms with Gasteiger partial charge in [-0.15, -0.1) is 11.3 Å². The minimum absolute atomic E-state index is 0.0925. The van der Waals surface area contributed by atoms with Gasteiger partial charge in [-0.05, 0) is 48.5 Å². The summed E-state index contributed by atoms with van der Waals surface area (Å²) in [6.07, 6.45) is 0. The van der Waals surface area contributed by atoms with E-state index in [1.165, 1.54) is 18.3 Å².